The average Bonchev–Trinajstić information content (AvgIpc) is 2.58. The fourth-order valence-electron chi connectivity index (χ4n) is 1.90. The molecule has 0 atom stereocenters. The average molecular weight is 408 g/mol. The largest absolute Gasteiger partial charge is 0.484 e. The van der Waals surface area contributed by atoms with Gasteiger partial charge in [-0.25, -0.2) is 0 Å². The number of carbonyl (C=O) groups is 1. The summed E-state index contributed by atoms with van der Waals surface area (Å²) in [7, 11) is 0. The molecule has 7 heteroatoms. The van der Waals surface area contributed by atoms with Crippen LogP contribution in [0.15, 0.2) is 53.0 Å². The predicted octanol–water partition coefficient (Wildman–Crippen LogP) is 3.41. The van der Waals surface area contributed by atoms with E-state index in [-0.39, 0.29) is 12.5 Å². The van der Waals surface area contributed by atoms with Crippen LogP contribution in [-0.2, 0) is 11.2 Å². The second-order valence-electron chi connectivity index (χ2n) is 4.93. The second kappa shape index (κ2) is 9.24. The van der Waals surface area contributed by atoms with Gasteiger partial charge in [-0.1, -0.05) is 41.1 Å². The summed E-state index contributed by atoms with van der Waals surface area (Å²) in [6, 6.07) is 15.2. The number of rotatable bonds is 5. The maximum absolute atomic E-state index is 11.8. The van der Waals surface area contributed by atoms with E-state index in [1.807, 2.05) is 36.4 Å². The summed E-state index contributed by atoms with van der Waals surface area (Å²) >= 11 is 8.49. The number of nitrogens with one attached hydrogen (secondary N) is 3. The second-order valence-corrected chi connectivity index (χ2v) is 6.25. The minimum atomic E-state index is -0.332. The molecule has 3 N–H and O–H groups in total. The summed E-state index contributed by atoms with van der Waals surface area (Å²) in [6.07, 6.45) is 0.944. The van der Waals surface area contributed by atoms with Gasteiger partial charge in [0.05, 0.1) is 0 Å². The molecule has 0 saturated carbocycles. The molecule has 0 aliphatic rings. The van der Waals surface area contributed by atoms with Gasteiger partial charge in [0, 0.05) is 10.2 Å². The Morgan fingerprint density at radius 1 is 1.17 bits per heavy atom. The molecule has 2 aromatic rings. The SMILES string of the molecule is CCc1cccc(NC(=S)NNC(=O)COc2cccc(Br)c2)c1. The summed E-state index contributed by atoms with van der Waals surface area (Å²) in [6.45, 7) is 1.97. The Hall–Kier alpha value is -2.12. The number of carbonyl (C=O) groups excluding carboxylic acids is 1. The molecule has 2 rings (SSSR count). The molecular weight excluding hydrogens is 390 g/mol. The zero-order valence-electron chi connectivity index (χ0n) is 13.1. The Labute approximate surface area is 154 Å². The summed E-state index contributed by atoms with van der Waals surface area (Å²) in [5, 5.41) is 3.32. The number of aryl methyl sites for hydroxylation is 1. The molecule has 0 unspecified atom stereocenters. The minimum Gasteiger partial charge on any atom is -0.484 e. The van der Waals surface area contributed by atoms with Crippen LogP contribution in [0.4, 0.5) is 5.69 Å². The summed E-state index contributed by atoms with van der Waals surface area (Å²) in [5.41, 5.74) is 7.20. The van der Waals surface area contributed by atoms with Crippen LogP contribution in [0.5, 0.6) is 5.75 Å². The lowest BCUT2D eigenvalue weighted by Crippen LogP contribution is -2.45. The highest BCUT2D eigenvalue weighted by Gasteiger charge is 2.04. The molecule has 0 fully saturated rings. The first-order chi connectivity index (χ1) is 11.6. The number of halogens is 1. The molecule has 0 bridgehead atoms. The van der Waals surface area contributed by atoms with E-state index in [9.17, 15) is 4.79 Å². The van der Waals surface area contributed by atoms with Crippen molar-refractivity contribution in [2.45, 2.75) is 13.3 Å². The zero-order valence-corrected chi connectivity index (χ0v) is 15.5. The van der Waals surface area contributed by atoms with Gasteiger partial charge in [0.25, 0.3) is 5.91 Å². The molecule has 0 saturated heterocycles. The molecule has 0 aliphatic heterocycles. The van der Waals surface area contributed by atoms with Crippen LogP contribution in [0.25, 0.3) is 0 Å². The lowest BCUT2D eigenvalue weighted by molar-refractivity contribution is -0.123. The number of amides is 1. The zero-order chi connectivity index (χ0) is 17.4. The van der Waals surface area contributed by atoms with Crippen molar-refractivity contribution < 1.29 is 9.53 Å². The smallest absolute Gasteiger partial charge is 0.276 e. The lowest BCUT2D eigenvalue weighted by Gasteiger charge is -2.12. The topological polar surface area (TPSA) is 62.4 Å². The van der Waals surface area contributed by atoms with Gasteiger partial charge >= 0.3 is 0 Å². The standard InChI is InChI=1S/C17H18BrN3O2S/c1-2-12-5-3-7-14(9-12)19-17(24)21-20-16(22)11-23-15-8-4-6-13(18)10-15/h3-10H,2,11H2,1H3,(H,20,22)(H2,19,21,24). The molecule has 0 spiro atoms. The van der Waals surface area contributed by atoms with Gasteiger partial charge in [0.2, 0.25) is 0 Å². The van der Waals surface area contributed by atoms with Gasteiger partial charge in [0.1, 0.15) is 5.75 Å². The lowest BCUT2D eigenvalue weighted by atomic mass is 10.1. The van der Waals surface area contributed by atoms with E-state index < -0.39 is 0 Å². The molecule has 0 heterocycles. The Kier molecular flexibility index (Phi) is 7.02. The van der Waals surface area contributed by atoms with Crippen LogP contribution in [0, 0.1) is 0 Å². The quantitative estimate of drug-likeness (QED) is 0.523. The Morgan fingerprint density at radius 2 is 1.96 bits per heavy atom. The number of benzene rings is 2. The summed E-state index contributed by atoms with van der Waals surface area (Å²) in [5.74, 6) is 0.276. The van der Waals surface area contributed by atoms with Gasteiger partial charge < -0.3 is 10.1 Å². The highest BCUT2D eigenvalue weighted by atomic mass is 79.9. The van der Waals surface area contributed by atoms with Crippen molar-refractivity contribution in [3.8, 4) is 5.75 Å². The van der Waals surface area contributed by atoms with Crippen molar-refractivity contribution in [2.75, 3.05) is 11.9 Å². The van der Waals surface area contributed by atoms with Crippen LogP contribution >= 0.6 is 28.1 Å². The fourth-order valence-corrected chi connectivity index (χ4v) is 2.45. The van der Waals surface area contributed by atoms with Crippen molar-refractivity contribution in [1.82, 2.24) is 10.9 Å². The van der Waals surface area contributed by atoms with Crippen molar-refractivity contribution in [3.63, 3.8) is 0 Å². The Morgan fingerprint density at radius 3 is 2.71 bits per heavy atom. The first kappa shape index (κ1) is 18.2. The van der Waals surface area contributed by atoms with E-state index in [2.05, 4.69) is 39.0 Å². The highest BCUT2D eigenvalue weighted by molar-refractivity contribution is 9.10. The first-order valence-corrected chi connectivity index (χ1v) is 8.60. The third kappa shape index (κ3) is 6.17. The van der Waals surface area contributed by atoms with Crippen LogP contribution in [-0.4, -0.2) is 17.6 Å². The molecular formula is C17H18BrN3O2S. The molecule has 2 aromatic carbocycles. The van der Waals surface area contributed by atoms with Gasteiger partial charge in [-0.2, -0.15) is 0 Å². The van der Waals surface area contributed by atoms with E-state index in [1.54, 1.807) is 12.1 Å². The number of ether oxygens (including phenoxy) is 1. The number of hydrogen-bond donors (Lipinski definition) is 3. The van der Waals surface area contributed by atoms with Crippen molar-refractivity contribution in [3.05, 3.63) is 58.6 Å². The monoisotopic (exact) mass is 407 g/mol. The van der Waals surface area contributed by atoms with E-state index in [0.29, 0.717) is 10.9 Å². The molecule has 0 aromatic heterocycles. The molecule has 5 nitrogen and oxygen atoms in total. The third-order valence-corrected chi connectivity index (χ3v) is 3.77. The first-order valence-electron chi connectivity index (χ1n) is 7.40. The van der Waals surface area contributed by atoms with E-state index in [1.165, 1.54) is 5.56 Å². The Balaban J connectivity index is 1.73. The molecule has 24 heavy (non-hydrogen) atoms. The number of anilines is 1. The van der Waals surface area contributed by atoms with Crippen LogP contribution in [0.1, 0.15) is 12.5 Å². The maximum Gasteiger partial charge on any atom is 0.276 e. The summed E-state index contributed by atoms with van der Waals surface area (Å²) < 4.78 is 6.27. The minimum absolute atomic E-state index is 0.114. The Bertz CT molecular complexity index is 724. The van der Waals surface area contributed by atoms with E-state index in [4.69, 9.17) is 17.0 Å². The number of hydrogen-bond acceptors (Lipinski definition) is 3. The van der Waals surface area contributed by atoms with Crippen LogP contribution in [0.3, 0.4) is 0 Å². The summed E-state index contributed by atoms with van der Waals surface area (Å²) in [4.78, 5) is 11.8. The molecule has 0 aliphatic carbocycles. The van der Waals surface area contributed by atoms with Gasteiger partial charge in [-0.3, -0.25) is 15.6 Å². The number of hydrazine groups is 1. The van der Waals surface area contributed by atoms with Gasteiger partial charge in [-0.15, -0.1) is 0 Å². The predicted molar refractivity (Wildman–Crippen MR) is 103 cm³/mol. The van der Waals surface area contributed by atoms with Crippen LogP contribution in [0.2, 0.25) is 0 Å². The van der Waals surface area contributed by atoms with Crippen molar-refractivity contribution >= 4 is 44.9 Å². The van der Waals surface area contributed by atoms with Crippen LogP contribution < -0.4 is 20.9 Å². The van der Waals surface area contributed by atoms with E-state index >= 15 is 0 Å². The molecule has 1 amide bonds. The maximum atomic E-state index is 11.8. The van der Waals surface area contributed by atoms with Gasteiger partial charge in [0.15, 0.2) is 11.7 Å². The fraction of sp³-hybridized carbons (Fsp3) is 0.176. The highest BCUT2D eigenvalue weighted by Crippen LogP contribution is 2.17. The van der Waals surface area contributed by atoms with E-state index in [0.717, 1.165) is 16.6 Å². The van der Waals surface area contributed by atoms with Crippen molar-refractivity contribution in [1.29, 1.82) is 0 Å². The molecule has 0 radical (unpaired) electrons. The molecule has 126 valence electrons. The van der Waals surface area contributed by atoms with Crippen molar-refractivity contribution in [2.24, 2.45) is 0 Å². The third-order valence-electron chi connectivity index (χ3n) is 3.07. The number of thiocarbonyl (C=S) groups is 1. The normalized spacial score (nSPS) is 9.92. The van der Waals surface area contributed by atoms with Gasteiger partial charge in [-0.05, 0) is 54.5 Å².